The lowest BCUT2D eigenvalue weighted by atomic mass is 9.94. The number of aromatic amines is 1. The van der Waals surface area contributed by atoms with Crippen LogP contribution in [0.5, 0.6) is 0 Å². The minimum absolute atomic E-state index is 0.443. The van der Waals surface area contributed by atoms with Crippen molar-refractivity contribution in [3.63, 3.8) is 0 Å². The predicted octanol–water partition coefficient (Wildman–Crippen LogP) is 4.55. The fourth-order valence-corrected chi connectivity index (χ4v) is 2.92. The van der Waals surface area contributed by atoms with Gasteiger partial charge in [-0.25, -0.2) is 4.98 Å². The third-order valence-corrected chi connectivity index (χ3v) is 4.31. The summed E-state index contributed by atoms with van der Waals surface area (Å²) in [7, 11) is 0. The van der Waals surface area contributed by atoms with Crippen LogP contribution in [0.25, 0.3) is 11.3 Å². The van der Waals surface area contributed by atoms with Gasteiger partial charge < -0.3 is 10.7 Å². The van der Waals surface area contributed by atoms with Crippen LogP contribution in [-0.2, 0) is 6.42 Å². The van der Waals surface area contributed by atoms with Crippen LogP contribution in [0, 0.1) is 11.8 Å². The van der Waals surface area contributed by atoms with Gasteiger partial charge in [-0.3, -0.25) is 0 Å². The van der Waals surface area contributed by atoms with E-state index in [1.54, 1.807) is 12.3 Å². The minimum Gasteiger partial charge on any atom is -0.342 e. The number of hydrogen-bond donors (Lipinski definition) is 2. The van der Waals surface area contributed by atoms with Gasteiger partial charge in [-0.15, -0.1) is 0 Å². The van der Waals surface area contributed by atoms with Crippen LogP contribution in [0.3, 0.4) is 0 Å². The lowest BCUT2D eigenvalue weighted by Crippen LogP contribution is -2.19. The maximum atomic E-state index is 6.24. The molecule has 1 aromatic carbocycles. The quantitative estimate of drug-likeness (QED) is 0.818. The highest BCUT2D eigenvalue weighted by molar-refractivity contribution is 6.43. The van der Waals surface area contributed by atoms with Gasteiger partial charge in [0.15, 0.2) is 0 Å². The average Bonchev–Trinajstić information content (AvgIpc) is 2.89. The van der Waals surface area contributed by atoms with Crippen molar-refractivity contribution in [3.05, 3.63) is 40.3 Å². The summed E-state index contributed by atoms with van der Waals surface area (Å²) in [5, 5.41) is 1.09. The third kappa shape index (κ3) is 4.22. The molecule has 0 saturated carbocycles. The Labute approximate surface area is 135 Å². The lowest BCUT2D eigenvalue weighted by molar-refractivity contribution is 0.409. The number of nitrogens with zero attached hydrogens (tertiary/aromatic N) is 1. The van der Waals surface area contributed by atoms with Gasteiger partial charge in [0.25, 0.3) is 0 Å². The Kier molecular flexibility index (Phi) is 5.68. The van der Waals surface area contributed by atoms with E-state index >= 15 is 0 Å². The molecule has 3 nitrogen and oxygen atoms in total. The van der Waals surface area contributed by atoms with Gasteiger partial charge in [-0.1, -0.05) is 49.2 Å². The molecule has 0 radical (unpaired) electrons. The van der Waals surface area contributed by atoms with Crippen molar-refractivity contribution in [1.29, 1.82) is 0 Å². The largest absolute Gasteiger partial charge is 0.342 e. The summed E-state index contributed by atoms with van der Waals surface area (Å²) in [4.78, 5) is 7.77. The summed E-state index contributed by atoms with van der Waals surface area (Å²) in [6.07, 6.45) is 3.76. The van der Waals surface area contributed by atoms with Crippen molar-refractivity contribution in [2.75, 3.05) is 6.54 Å². The summed E-state index contributed by atoms with van der Waals surface area (Å²) >= 11 is 12.3. The molecule has 0 aliphatic heterocycles. The molecule has 0 saturated heterocycles. The van der Waals surface area contributed by atoms with Crippen LogP contribution >= 0.6 is 23.2 Å². The molecule has 0 aliphatic carbocycles. The van der Waals surface area contributed by atoms with Crippen molar-refractivity contribution < 1.29 is 0 Å². The van der Waals surface area contributed by atoms with E-state index in [9.17, 15) is 0 Å². The van der Waals surface area contributed by atoms with Gasteiger partial charge in [-0.05, 0) is 30.9 Å². The van der Waals surface area contributed by atoms with E-state index in [1.807, 2.05) is 12.1 Å². The van der Waals surface area contributed by atoms with Crippen molar-refractivity contribution in [2.45, 2.75) is 26.7 Å². The van der Waals surface area contributed by atoms with E-state index < -0.39 is 0 Å². The molecule has 21 heavy (non-hydrogen) atoms. The second-order valence-corrected chi connectivity index (χ2v) is 6.57. The van der Waals surface area contributed by atoms with Crippen LogP contribution in [0.15, 0.2) is 24.4 Å². The average molecular weight is 326 g/mol. The van der Waals surface area contributed by atoms with Crippen LogP contribution in [0.2, 0.25) is 10.0 Å². The SMILES string of the molecule is CC(C)CC(CN)Cc1ncc(-c2cccc(Cl)c2Cl)[nH]1. The summed E-state index contributed by atoms with van der Waals surface area (Å²) in [6, 6.07) is 5.59. The molecule has 2 aromatic rings. The zero-order chi connectivity index (χ0) is 15.4. The summed E-state index contributed by atoms with van der Waals surface area (Å²) < 4.78 is 0. The van der Waals surface area contributed by atoms with Gasteiger partial charge in [0.2, 0.25) is 0 Å². The molecule has 3 N–H and O–H groups in total. The number of H-pyrrole nitrogens is 1. The van der Waals surface area contributed by atoms with Gasteiger partial charge in [0, 0.05) is 12.0 Å². The Bertz CT molecular complexity index is 593. The summed E-state index contributed by atoms with van der Waals surface area (Å²) in [6.45, 7) is 5.09. The van der Waals surface area contributed by atoms with Gasteiger partial charge >= 0.3 is 0 Å². The number of halogens is 2. The van der Waals surface area contributed by atoms with Crippen molar-refractivity contribution in [2.24, 2.45) is 17.6 Å². The van der Waals surface area contributed by atoms with Crippen LogP contribution < -0.4 is 5.73 Å². The number of benzene rings is 1. The first-order valence-corrected chi connectivity index (χ1v) is 7.95. The molecule has 1 unspecified atom stereocenters. The number of aromatic nitrogens is 2. The summed E-state index contributed by atoms with van der Waals surface area (Å²) in [5.41, 5.74) is 7.61. The van der Waals surface area contributed by atoms with Crippen molar-refractivity contribution >= 4 is 23.2 Å². The Morgan fingerprint density at radius 2 is 2.05 bits per heavy atom. The van der Waals surface area contributed by atoms with Gasteiger partial charge in [-0.2, -0.15) is 0 Å². The second kappa shape index (κ2) is 7.30. The number of rotatable bonds is 6. The molecule has 114 valence electrons. The van der Waals surface area contributed by atoms with Crippen LogP contribution in [0.1, 0.15) is 26.1 Å². The minimum atomic E-state index is 0.443. The molecule has 1 atom stereocenters. The highest BCUT2D eigenvalue weighted by Crippen LogP contribution is 2.32. The van der Waals surface area contributed by atoms with Crippen LogP contribution in [0.4, 0.5) is 0 Å². The van der Waals surface area contributed by atoms with Gasteiger partial charge in [0.05, 0.1) is 21.9 Å². The molecule has 0 bridgehead atoms. The molecule has 5 heteroatoms. The number of nitrogens with one attached hydrogen (secondary N) is 1. The smallest absolute Gasteiger partial charge is 0.106 e. The van der Waals surface area contributed by atoms with E-state index in [0.717, 1.165) is 29.9 Å². The first kappa shape index (κ1) is 16.3. The Hall–Kier alpha value is -1.03. The third-order valence-electron chi connectivity index (χ3n) is 3.49. The van der Waals surface area contributed by atoms with E-state index in [-0.39, 0.29) is 0 Å². The fourth-order valence-electron chi connectivity index (χ4n) is 2.52. The van der Waals surface area contributed by atoms with E-state index in [2.05, 4.69) is 23.8 Å². The molecule has 0 spiro atoms. The van der Waals surface area contributed by atoms with E-state index in [0.29, 0.717) is 28.4 Å². The Balaban J connectivity index is 2.16. The second-order valence-electron chi connectivity index (χ2n) is 5.78. The standard InChI is InChI=1S/C16H21Cl2N3/c1-10(2)6-11(8-19)7-15-20-9-14(21-15)12-4-3-5-13(17)16(12)18/h3-5,9-11H,6-8,19H2,1-2H3,(H,20,21). The molecular weight excluding hydrogens is 305 g/mol. The maximum absolute atomic E-state index is 6.24. The zero-order valence-electron chi connectivity index (χ0n) is 12.4. The molecule has 1 heterocycles. The lowest BCUT2D eigenvalue weighted by Gasteiger charge is -2.15. The fraction of sp³-hybridized carbons (Fsp3) is 0.438. The maximum Gasteiger partial charge on any atom is 0.106 e. The molecule has 0 fully saturated rings. The Morgan fingerprint density at radius 3 is 2.71 bits per heavy atom. The number of hydrogen-bond acceptors (Lipinski definition) is 2. The van der Waals surface area contributed by atoms with Crippen molar-refractivity contribution in [3.8, 4) is 11.3 Å². The predicted molar refractivity (Wildman–Crippen MR) is 89.7 cm³/mol. The highest BCUT2D eigenvalue weighted by Gasteiger charge is 2.14. The normalized spacial score (nSPS) is 12.9. The molecular formula is C16H21Cl2N3. The highest BCUT2D eigenvalue weighted by atomic mass is 35.5. The molecule has 0 amide bonds. The number of nitrogens with two attached hydrogens (primary N) is 1. The Morgan fingerprint density at radius 1 is 1.29 bits per heavy atom. The molecule has 1 aromatic heterocycles. The summed E-state index contributed by atoms with van der Waals surface area (Å²) in [5.74, 6) is 2.02. The molecule has 0 aliphatic rings. The van der Waals surface area contributed by atoms with E-state index in [4.69, 9.17) is 28.9 Å². The first-order valence-electron chi connectivity index (χ1n) is 7.19. The zero-order valence-corrected chi connectivity index (χ0v) is 13.9. The monoisotopic (exact) mass is 325 g/mol. The van der Waals surface area contributed by atoms with Gasteiger partial charge in [0.1, 0.15) is 5.82 Å². The topological polar surface area (TPSA) is 54.7 Å². The van der Waals surface area contributed by atoms with E-state index in [1.165, 1.54) is 0 Å². The molecule has 2 rings (SSSR count). The van der Waals surface area contributed by atoms with Crippen LogP contribution in [-0.4, -0.2) is 16.5 Å². The first-order chi connectivity index (χ1) is 10.0. The van der Waals surface area contributed by atoms with Crippen molar-refractivity contribution in [1.82, 2.24) is 9.97 Å². The number of imidazole rings is 1.